The SMILES string of the molecule is Cc1ccc(-n2nc(C)cc2NC(=O)COC(=O)C2=CN3CCS(=O)(=O)N=C3C=C2)cc1. The predicted octanol–water partition coefficient (Wildman–Crippen LogP) is 1.47. The molecule has 0 saturated heterocycles. The molecule has 2 aliphatic heterocycles. The Morgan fingerprint density at radius 1 is 1.16 bits per heavy atom. The van der Waals surface area contributed by atoms with Crippen LogP contribution >= 0.6 is 0 Å². The first kappa shape index (κ1) is 21.5. The third kappa shape index (κ3) is 4.78. The van der Waals surface area contributed by atoms with E-state index < -0.39 is 28.5 Å². The number of aromatic nitrogens is 2. The summed E-state index contributed by atoms with van der Waals surface area (Å²) in [4.78, 5) is 26.3. The van der Waals surface area contributed by atoms with E-state index in [1.54, 1.807) is 15.6 Å². The fourth-order valence-electron chi connectivity index (χ4n) is 3.19. The number of aryl methyl sites for hydroxylation is 2. The largest absolute Gasteiger partial charge is 0.452 e. The van der Waals surface area contributed by atoms with Gasteiger partial charge in [-0.1, -0.05) is 17.7 Å². The van der Waals surface area contributed by atoms with Crippen LogP contribution in [0.15, 0.2) is 58.7 Å². The van der Waals surface area contributed by atoms with Gasteiger partial charge in [-0.05, 0) is 38.1 Å². The normalized spacial score (nSPS) is 16.6. The monoisotopic (exact) mass is 455 g/mol. The van der Waals surface area contributed by atoms with Crippen LogP contribution in [-0.4, -0.2) is 59.7 Å². The minimum Gasteiger partial charge on any atom is -0.452 e. The standard InChI is InChI=1S/C21H21N5O5S/c1-14-3-6-17(7-4-14)26-19(11-15(2)23-26)22-20(27)13-31-21(28)16-5-8-18-24-32(29,30)10-9-25(18)12-16/h3-8,11-12H,9-10,13H2,1-2H3,(H,22,27). The highest BCUT2D eigenvalue weighted by Gasteiger charge is 2.25. The van der Waals surface area contributed by atoms with Crippen molar-refractivity contribution < 1.29 is 22.7 Å². The summed E-state index contributed by atoms with van der Waals surface area (Å²) in [6.07, 6.45) is 4.30. The molecule has 0 saturated carbocycles. The van der Waals surface area contributed by atoms with Gasteiger partial charge in [0.2, 0.25) is 0 Å². The first-order valence-corrected chi connectivity index (χ1v) is 11.4. The molecule has 1 N–H and O–H groups in total. The molecule has 11 heteroatoms. The Morgan fingerprint density at radius 2 is 1.91 bits per heavy atom. The molecule has 0 fully saturated rings. The van der Waals surface area contributed by atoms with Gasteiger partial charge in [-0.25, -0.2) is 17.9 Å². The Bertz CT molecular complexity index is 1270. The van der Waals surface area contributed by atoms with E-state index in [9.17, 15) is 18.0 Å². The molecule has 2 aliphatic rings. The van der Waals surface area contributed by atoms with Crippen LogP contribution < -0.4 is 5.32 Å². The Hall–Kier alpha value is -3.73. The van der Waals surface area contributed by atoms with Gasteiger partial charge in [-0.15, -0.1) is 4.40 Å². The van der Waals surface area contributed by atoms with E-state index in [1.165, 1.54) is 18.4 Å². The smallest absolute Gasteiger partial charge is 0.340 e. The molecule has 4 rings (SSSR count). The van der Waals surface area contributed by atoms with Crippen LogP contribution in [0.3, 0.4) is 0 Å². The van der Waals surface area contributed by atoms with E-state index in [4.69, 9.17) is 4.74 Å². The van der Waals surface area contributed by atoms with Crippen LogP contribution in [0.5, 0.6) is 0 Å². The Labute approximate surface area is 184 Å². The highest BCUT2D eigenvalue weighted by atomic mass is 32.2. The summed E-state index contributed by atoms with van der Waals surface area (Å²) >= 11 is 0. The number of carbonyl (C=O) groups excluding carboxylic acids is 2. The van der Waals surface area contributed by atoms with Crippen molar-refractivity contribution in [3.8, 4) is 5.69 Å². The van der Waals surface area contributed by atoms with E-state index in [0.29, 0.717) is 5.82 Å². The number of nitrogens with one attached hydrogen (secondary N) is 1. The number of sulfonamides is 1. The minimum atomic E-state index is -3.48. The van der Waals surface area contributed by atoms with Gasteiger partial charge in [0.05, 0.1) is 22.7 Å². The van der Waals surface area contributed by atoms with E-state index in [-0.39, 0.29) is 23.7 Å². The van der Waals surface area contributed by atoms with Crippen molar-refractivity contribution in [1.82, 2.24) is 14.7 Å². The van der Waals surface area contributed by atoms with Gasteiger partial charge in [0, 0.05) is 18.8 Å². The van der Waals surface area contributed by atoms with Crippen LogP contribution in [0.25, 0.3) is 5.69 Å². The third-order valence-corrected chi connectivity index (χ3v) is 5.94. The van der Waals surface area contributed by atoms with E-state index in [1.807, 2.05) is 38.1 Å². The summed E-state index contributed by atoms with van der Waals surface area (Å²) in [5.74, 6) is -0.658. The third-order valence-electron chi connectivity index (χ3n) is 4.77. The van der Waals surface area contributed by atoms with Gasteiger partial charge in [-0.3, -0.25) is 4.79 Å². The number of esters is 1. The molecular weight excluding hydrogens is 434 g/mol. The summed E-state index contributed by atoms with van der Waals surface area (Å²) in [6.45, 7) is 3.49. The molecule has 0 aliphatic carbocycles. The molecule has 3 heterocycles. The van der Waals surface area contributed by atoms with Crippen molar-refractivity contribution in [1.29, 1.82) is 0 Å². The summed E-state index contributed by atoms with van der Waals surface area (Å²) in [5, 5.41) is 7.10. The van der Waals surface area contributed by atoms with Crippen molar-refractivity contribution in [2.24, 2.45) is 4.40 Å². The van der Waals surface area contributed by atoms with Crippen molar-refractivity contribution in [3.05, 3.63) is 65.5 Å². The maximum Gasteiger partial charge on any atom is 0.340 e. The van der Waals surface area contributed by atoms with Crippen molar-refractivity contribution in [3.63, 3.8) is 0 Å². The number of rotatable bonds is 5. The highest BCUT2D eigenvalue weighted by molar-refractivity contribution is 7.90. The van der Waals surface area contributed by atoms with Crippen LogP contribution in [0.2, 0.25) is 0 Å². The molecule has 1 aromatic heterocycles. The molecule has 32 heavy (non-hydrogen) atoms. The van der Waals surface area contributed by atoms with Gasteiger partial charge < -0.3 is 15.0 Å². The van der Waals surface area contributed by atoms with Crippen molar-refractivity contribution in [2.75, 3.05) is 24.2 Å². The molecule has 0 radical (unpaired) electrons. The lowest BCUT2D eigenvalue weighted by Gasteiger charge is -2.26. The molecule has 1 aromatic carbocycles. The number of ether oxygens (including phenoxy) is 1. The number of nitrogens with zero attached hydrogens (tertiary/aromatic N) is 4. The lowest BCUT2D eigenvalue weighted by molar-refractivity contribution is -0.143. The molecular formula is C21H21N5O5S. The van der Waals surface area contributed by atoms with Gasteiger partial charge >= 0.3 is 5.97 Å². The second-order valence-corrected chi connectivity index (χ2v) is 9.14. The van der Waals surface area contributed by atoms with Gasteiger partial charge in [0.25, 0.3) is 15.9 Å². The molecule has 0 atom stereocenters. The number of amidine groups is 1. The first-order chi connectivity index (χ1) is 15.2. The zero-order chi connectivity index (χ0) is 22.9. The van der Waals surface area contributed by atoms with Gasteiger partial charge in [0.1, 0.15) is 11.7 Å². The number of benzene rings is 1. The average molecular weight is 455 g/mol. The summed E-state index contributed by atoms with van der Waals surface area (Å²) in [5.41, 5.74) is 2.80. The lowest BCUT2D eigenvalue weighted by atomic mass is 10.2. The highest BCUT2D eigenvalue weighted by Crippen LogP contribution is 2.19. The molecule has 166 valence electrons. The Balaban J connectivity index is 1.38. The van der Waals surface area contributed by atoms with Gasteiger partial charge in [0.15, 0.2) is 6.61 Å². The minimum absolute atomic E-state index is 0.139. The lowest BCUT2D eigenvalue weighted by Crippen LogP contribution is -2.37. The zero-order valence-electron chi connectivity index (χ0n) is 17.5. The van der Waals surface area contributed by atoms with Crippen LogP contribution in [0, 0.1) is 13.8 Å². The van der Waals surface area contributed by atoms with Crippen LogP contribution in [0.1, 0.15) is 11.3 Å². The molecule has 0 spiro atoms. The van der Waals surface area contributed by atoms with Crippen LogP contribution in [-0.2, 0) is 24.3 Å². The fourth-order valence-corrected chi connectivity index (χ4v) is 4.16. The topological polar surface area (TPSA) is 123 Å². The maximum atomic E-state index is 12.4. The summed E-state index contributed by atoms with van der Waals surface area (Å²) in [7, 11) is -3.48. The molecule has 0 bridgehead atoms. The average Bonchev–Trinajstić information content (AvgIpc) is 3.11. The number of hydrogen-bond donors (Lipinski definition) is 1. The van der Waals surface area contributed by atoms with Crippen LogP contribution in [0.4, 0.5) is 5.82 Å². The fraction of sp³-hybridized carbons (Fsp3) is 0.238. The van der Waals surface area contributed by atoms with E-state index >= 15 is 0 Å². The van der Waals surface area contributed by atoms with E-state index in [0.717, 1.165) is 16.9 Å². The quantitative estimate of drug-likeness (QED) is 0.677. The number of amides is 1. The number of fused-ring (bicyclic) bond motifs is 1. The Kier molecular flexibility index (Phi) is 5.66. The second kappa shape index (κ2) is 8.42. The molecule has 1 amide bonds. The van der Waals surface area contributed by atoms with Crippen molar-refractivity contribution >= 4 is 33.6 Å². The molecule has 2 aromatic rings. The second-order valence-electron chi connectivity index (χ2n) is 7.39. The summed E-state index contributed by atoms with van der Waals surface area (Å²) in [6, 6.07) is 9.39. The number of hydrogen-bond acceptors (Lipinski definition) is 7. The Morgan fingerprint density at radius 3 is 2.66 bits per heavy atom. The number of anilines is 1. The maximum absolute atomic E-state index is 12.4. The molecule has 0 unspecified atom stereocenters. The predicted molar refractivity (Wildman–Crippen MR) is 118 cm³/mol. The first-order valence-electron chi connectivity index (χ1n) is 9.80. The van der Waals surface area contributed by atoms with E-state index in [2.05, 4.69) is 14.8 Å². The van der Waals surface area contributed by atoms with Gasteiger partial charge in [-0.2, -0.15) is 5.10 Å². The zero-order valence-corrected chi connectivity index (χ0v) is 18.3. The molecule has 10 nitrogen and oxygen atoms in total. The summed E-state index contributed by atoms with van der Waals surface area (Å²) < 4.78 is 33.5. The van der Waals surface area contributed by atoms with Crippen molar-refractivity contribution in [2.45, 2.75) is 13.8 Å². The number of carbonyl (C=O) groups is 2.